The van der Waals surface area contributed by atoms with Gasteiger partial charge in [0.15, 0.2) is 0 Å². The number of hydrogen-bond donors (Lipinski definition) is 0. The van der Waals surface area contributed by atoms with Crippen LogP contribution in [0.3, 0.4) is 0 Å². The lowest BCUT2D eigenvalue weighted by atomic mass is 10.1. The molecule has 0 N–H and O–H groups in total. The summed E-state index contributed by atoms with van der Waals surface area (Å²) >= 11 is 5.26. The topological polar surface area (TPSA) is 43.4 Å². The molecule has 0 heterocycles. The van der Waals surface area contributed by atoms with Gasteiger partial charge in [0.05, 0.1) is 0 Å². The van der Waals surface area contributed by atoms with Gasteiger partial charge < -0.3 is 4.74 Å². The molecule has 0 spiro atoms. The molecule has 24 heavy (non-hydrogen) atoms. The van der Waals surface area contributed by atoms with Crippen molar-refractivity contribution in [2.75, 3.05) is 5.88 Å². The van der Waals surface area contributed by atoms with Gasteiger partial charge in [-0.25, -0.2) is 0 Å². The first-order valence-electron chi connectivity index (χ1n) is 9.65. The van der Waals surface area contributed by atoms with Crippen LogP contribution < -0.4 is 0 Å². The Morgan fingerprint density at radius 3 is 1.79 bits per heavy atom. The van der Waals surface area contributed by atoms with Crippen LogP contribution in [0.4, 0.5) is 0 Å². The summed E-state index contributed by atoms with van der Waals surface area (Å²) in [7, 11) is 0. The van der Waals surface area contributed by atoms with Gasteiger partial charge >= 0.3 is 11.9 Å². The monoisotopic (exact) mass is 358 g/mol. The summed E-state index contributed by atoms with van der Waals surface area (Å²) in [5.41, 5.74) is 0. The molecule has 0 aromatic rings. The zero-order valence-electron chi connectivity index (χ0n) is 15.4. The van der Waals surface area contributed by atoms with E-state index >= 15 is 0 Å². The second-order valence-electron chi connectivity index (χ2n) is 6.31. The molecule has 4 heteroatoms. The third-order valence-corrected chi connectivity index (χ3v) is 4.20. The van der Waals surface area contributed by atoms with Crippen molar-refractivity contribution in [2.24, 2.45) is 0 Å². The predicted molar refractivity (Wildman–Crippen MR) is 101 cm³/mol. The maximum atomic E-state index is 11.2. The smallest absolute Gasteiger partial charge is 0.328 e. The molecular formula is C20H35ClO3. The van der Waals surface area contributed by atoms with E-state index in [-0.39, 0.29) is 5.88 Å². The third kappa shape index (κ3) is 17.5. The number of esters is 2. The van der Waals surface area contributed by atoms with Crippen molar-refractivity contribution in [3.8, 4) is 0 Å². The Morgan fingerprint density at radius 1 is 0.750 bits per heavy atom. The van der Waals surface area contributed by atoms with Crippen LogP contribution >= 0.6 is 11.6 Å². The van der Waals surface area contributed by atoms with Gasteiger partial charge in [0, 0.05) is 6.42 Å². The molecule has 0 aromatic carbocycles. The number of alkyl halides is 1. The van der Waals surface area contributed by atoms with E-state index in [1.807, 2.05) is 0 Å². The molecule has 0 fully saturated rings. The molecule has 0 aliphatic rings. The van der Waals surface area contributed by atoms with E-state index in [4.69, 9.17) is 11.6 Å². The molecule has 140 valence electrons. The minimum absolute atomic E-state index is 0.266. The number of ether oxygens (including phenoxy) is 1. The number of allylic oxidation sites excluding steroid dienone is 2. The van der Waals surface area contributed by atoms with Crippen LogP contribution in [0.15, 0.2) is 12.2 Å². The molecule has 0 saturated carbocycles. The highest BCUT2D eigenvalue weighted by atomic mass is 35.5. The minimum atomic E-state index is -0.658. The summed E-state index contributed by atoms with van der Waals surface area (Å²) in [6.45, 7) is 2.25. The van der Waals surface area contributed by atoms with E-state index in [0.29, 0.717) is 6.42 Å². The summed E-state index contributed by atoms with van der Waals surface area (Å²) in [6, 6.07) is 0. The summed E-state index contributed by atoms with van der Waals surface area (Å²) in [6.07, 6.45) is 20.8. The quantitative estimate of drug-likeness (QED) is 0.106. The fourth-order valence-corrected chi connectivity index (χ4v) is 2.60. The fourth-order valence-electron chi connectivity index (χ4n) is 2.55. The first-order chi connectivity index (χ1) is 11.7. The number of carbonyl (C=O) groups is 2. The van der Waals surface area contributed by atoms with Crippen LogP contribution in [-0.4, -0.2) is 17.8 Å². The Bertz CT molecular complexity index is 340. The molecule has 3 nitrogen and oxygen atoms in total. The van der Waals surface area contributed by atoms with Crippen LogP contribution in [0.5, 0.6) is 0 Å². The third-order valence-electron chi connectivity index (χ3n) is 3.98. The number of halogens is 1. The number of carbonyl (C=O) groups excluding carboxylic acids is 2. The maximum absolute atomic E-state index is 11.2. The van der Waals surface area contributed by atoms with E-state index < -0.39 is 11.9 Å². The summed E-state index contributed by atoms with van der Waals surface area (Å²) in [5, 5.41) is 0. The first kappa shape index (κ1) is 23.2. The average Bonchev–Trinajstić information content (AvgIpc) is 2.58. The van der Waals surface area contributed by atoms with Crippen molar-refractivity contribution >= 4 is 23.5 Å². The second-order valence-corrected chi connectivity index (χ2v) is 6.58. The largest absolute Gasteiger partial charge is 0.392 e. The maximum Gasteiger partial charge on any atom is 0.328 e. The van der Waals surface area contributed by atoms with Gasteiger partial charge in [0.2, 0.25) is 0 Å². The molecule has 0 unspecified atom stereocenters. The molecule has 0 aromatic heterocycles. The summed E-state index contributed by atoms with van der Waals surface area (Å²) < 4.78 is 4.50. The van der Waals surface area contributed by atoms with E-state index in [0.717, 1.165) is 25.7 Å². The van der Waals surface area contributed by atoms with E-state index in [1.165, 1.54) is 57.8 Å². The molecule has 0 aliphatic carbocycles. The van der Waals surface area contributed by atoms with Crippen molar-refractivity contribution in [3.05, 3.63) is 12.2 Å². The molecule has 0 rings (SSSR count). The van der Waals surface area contributed by atoms with Gasteiger partial charge in [0.1, 0.15) is 5.88 Å². The van der Waals surface area contributed by atoms with Crippen molar-refractivity contribution in [1.29, 1.82) is 0 Å². The van der Waals surface area contributed by atoms with E-state index in [2.05, 4.69) is 23.8 Å². The van der Waals surface area contributed by atoms with Crippen molar-refractivity contribution in [2.45, 2.75) is 96.8 Å². The Morgan fingerprint density at radius 2 is 1.25 bits per heavy atom. The molecular weight excluding hydrogens is 324 g/mol. The van der Waals surface area contributed by atoms with Crippen molar-refractivity contribution in [1.82, 2.24) is 0 Å². The Balaban J connectivity index is 3.23. The minimum Gasteiger partial charge on any atom is -0.392 e. The normalized spacial score (nSPS) is 11.1. The highest BCUT2D eigenvalue weighted by Gasteiger charge is 2.08. The zero-order chi connectivity index (χ0) is 17.9. The number of rotatable bonds is 16. The molecule has 0 bridgehead atoms. The van der Waals surface area contributed by atoms with Crippen molar-refractivity contribution in [3.63, 3.8) is 0 Å². The molecule has 0 atom stereocenters. The lowest BCUT2D eigenvalue weighted by Crippen LogP contribution is -2.12. The summed E-state index contributed by atoms with van der Waals surface area (Å²) in [4.78, 5) is 22.0. The van der Waals surface area contributed by atoms with Crippen molar-refractivity contribution < 1.29 is 14.3 Å². The highest BCUT2D eigenvalue weighted by Crippen LogP contribution is 2.10. The lowest BCUT2D eigenvalue weighted by Gasteiger charge is -2.01. The molecule has 0 radical (unpaired) electrons. The average molecular weight is 359 g/mol. The Hall–Kier alpha value is -0.830. The predicted octanol–water partition coefficient (Wildman–Crippen LogP) is 6.33. The van der Waals surface area contributed by atoms with Crippen LogP contribution in [-0.2, 0) is 14.3 Å². The zero-order valence-corrected chi connectivity index (χ0v) is 16.1. The second kappa shape index (κ2) is 18.5. The van der Waals surface area contributed by atoms with Gasteiger partial charge in [-0.2, -0.15) is 0 Å². The molecule has 0 aliphatic heterocycles. The standard InChI is InChI=1S/C20H35ClO3/c1-2-3-4-5-6-7-8-9-10-11-12-13-14-15-16-17-19(22)24-20(23)18-21/h9-10H,2-8,11-18H2,1H3. The SMILES string of the molecule is CCCCCCCCC=CCCCCCCCC(=O)OC(=O)CCl. The Labute approximate surface area is 153 Å². The fraction of sp³-hybridized carbons (Fsp3) is 0.800. The molecule has 0 saturated heterocycles. The van der Waals surface area contributed by atoms with Gasteiger partial charge in [-0.3, -0.25) is 9.59 Å². The van der Waals surface area contributed by atoms with Gasteiger partial charge in [-0.1, -0.05) is 70.4 Å². The lowest BCUT2D eigenvalue weighted by molar-refractivity contribution is -0.157. The highest BCUT2D eigenvalue weighted by molar-refractivity contribution is 6.27. The Kier molecular flexibility index (Phi) is 17.9. The molecule has 0 amide bonds. The summed E-state index contributed by atoms with van der Waals surface area (Å²) in [5.74, 6) is -1.38. The van der Waals surface area contributed by atoms with Gasteiger partial charge in [0.25, 0.3) is 0 Å². The number of hydrogen-bond acceptors (Lipinski definition) is 3. The van der Waals surface area contributed by atoms with E-state index in [1.54, 1.807) is 0 Å². The first-order valence-corrected chi connectivity index (χ1v) is 10.2. The van der Waals surface area contributed by atoms with Crippen LogP contribution in [0.25, 0.3) is 0 Å². The van der Waals surface area contributed by atoms with Crippen LogP contribution in [0.2, 0.25) is 0 Å². The van der Waals surface area contributed by atoms with Gasteiger partial charge in [-0.15, -0.1) is 11.6 Å². The van der Waals surface area contributed by atoms with Crippen LogP contribution in [0, 0.1) is 0 Å². The number of unbranched alkanes of at least 4 members (excludes halogenated alkanes) is 11. The van der Waals surface area contributed by atoms with E-state index in [9.17, 15) is 9.59 Å². The van der Waals surface area contributed by atoms with Gasteiger partial charge in [-0.05, 0) is 32.1 Å². The van der Waals surface area contributed by atoms with Crippen LogP contribution in [0.1, 0.15) is 96.8 Å².